The number of β-amino-alcohol motifs (C(OH)–C–C–N with tert-alkyl or cyclic N) is 1. The van der Waals surface area contributed by atoms with Crippen LogP contribution in [-0.4, -0.2) is 53.2 Å². The van der Waals surface area contributed by atoms with Crippen molar-refractivity contribution >= 4 is 17.0 Å². The summed E-state index contributed by atoms with van der Waals surface area (Å²) in [5.41, 5.74) is 3.11. The van der Waals surface area contributed by atoms with Crippen LogP contribution in [-0.2, 0) is 0 Å². The van der Waals surface area contributed by atoms with E-state index in [9.17, 15) is 5.11 Å². The number of benzene rings is 2. The number of likely N-dealkylation sites (tertiary alicyclic amines) is 1. The summed E-state index contributed by atoms with van der Waals surface area (Å²) >= 11 is 0. The number of anilines is 1. The molecule has 2 N–H and O–H groups in total. The zero-order valence-corrected chi connectivity index (χ0v) is 15.9. The molecule has 0 radical (unpaired) electrons. The number of aliphatic hydroxyl groups is 1. The molecule has 0 saturated carbocycles. The fraction of sp³-hybridized carbons (Fsp3) is 0.409. The van der Waals surface area contributed by atoms with Crippen molar-refractivity contribution < 1.29 is 5.11 Å². The second-order valence-corrected chi connectivity index (χ2v) is 7.63. The molecule has 27 heavy (non-hydrogen) atoms. The van der Waals surface area contributed by atoms with E-state index < -0.39 is 6.10 Å². The van der Waals surface area contributed by atoms with Crippen LogP contribution in [0.2, 0.25) is 0 Å². The first-order chi connectivity index (χ1) is 13.2. The van der Waals surface area contributed by atoms with E-state index in [2.05, 4.69) is 27.9 Å². The summed E-state index contributed by atoms with van der Waals surface area (Å²) in [7, 11) is 2.11. The smallest absolute Gasteiger partial charge is 0.203 e. The summed E-state index contributed by atoms with van der Waals surface area (Å²) < 4.78 is 0. The van der Waals surface area contributed by atoms with Crippen molar-refractivity contribution in [3.05, 3.63) is 60.2 Å². The van der Waals surface area contributed by atoms with E-state index in [-0.39, 0.29) is 0 Å². The van der Waals surface area contributed by atoms with Gasteiger partial charge in [0.05, 0.1) is 17.1 Å². The van der Waals surface area contributed by atoms with Gasteiger partial charge in [-0.3, -0.25) is 0 Å². The van der Waals surface area contributed by atoms with Crippen molar-refractivity contribution in [3.63, 3.8) is 0 Å². The maximum atomic E-state index is 10.4. The lowest BCUT2D eigenvalue weighted by Gasteiger charge is -2.34. The van der Waals surface area contributed by atoms with E-state index in [1.165, 1.54) is 0 Å². The van der Waals surface area contributed by atoms with Gasteiger partial charge in [0.15, 0.2) is 0 Å². The minimum atomic E-state index is -0.402. The number of piperidine rings is 1. The third-order valence-electron chi connectivity index (χ3n) is 5.59. The minimum absolute atomic E-state index is 0.402. The van der Waals surface area contributed by atoms with Gasteiger partial charge < -0.3 is 19.9 Å². The van der Waals surface area contributed by atoms with Crippen LogP contribution in [0.25, 0.3) is 11.0 Å². The van der Waals surface area contributed by atoms with E-state index >= 15 is 0 Å². The number of nitrogens with zero attached hydrogens (tertiary/aromatic N) is 3. The SMILES string of the molecule is CN(CC1CCN(CC(O)c2ccccc2)CC1)c1nc2ccccc2[nH]1. The Hall–Kier alpha value is -2.37. The predicted octanol–water partition coefficient (Wildman–Crippen LogP) is 3.44. The highest BCUT2D eigenvalue weighted by atomic mass is 16.3. The highest BCUT2D eigenvalue weighted by molar-refractivity contribution is 5.77. The molecule has 5 heteroatoms. The Morgan fingerprint density at radius 1 is 1.11 bits per heavy atom. The third kappa shape index (κ3) is 4.31. The van der Waals surface area contributed by atoms with Crippen molar-refractivity contribution in [2.45, 2.75) is 18.9 Å². The molecule has 1 fully saturated rings. The van der Waals surface area contributed by atoms with Gasteiger partial charge >= 0.3 is 0 Å². The standard InChI is InChI=1S/C22H28N4O/c1-25(22-23-19-9-5-6-10-20(19)24-22)15-17-11-13-26(14-12-17)16-21(27)18-7-3-2-4-8-18/h2-10,17,21,27H,11-16H2,1H3,(H,23,24). The number of rotatable bonds is 6. The quantitative estimate of drug-likeness (QED) is 0.703. The Balaban J connectivity index is 1.27. The molecular weight excluding hydrogens is 336 g/mol. The molecule has 0 amide bonds. The number of aliphatic hydroxyl groups excluding tert-OH is 1. The Morgan fingerprint density at radius 3 is 2.56 bits per heavy atom. The molecule has 1 atom stereocenters. The van der Waals surface area contributed by atoms with Crippen molar-refractivity contribution in [1.82, 2.24) is 14.9 Å². The Bertz CT molecular complexity index is 822. The molecule has 1 aromatic heterocycles. The lowest BCUT2D eigenvalue weighted by atomic mass is 9.96. The molecule has 1 aliphatic heterocycles. The number of aromatic amines is 1. The highest BCUT2D eigenvalue weighted by Gasteiger charge is 2.23. The summed E-state index contributed by atoms with van der Waals surface area (Å²) in [5, 5.41) is 10.4. The first kappa shape index (κ1) is 18.0. The van der Waals surface area contributed by atoms with E-state index in [0.717, 1.165) is 61.6 Å². The van der Waals surface area contributed by atoms with Gasteiger partial charge in [0.25, 0.3) is 0 Å². The van der Waals surface area contributed by atoms with E-state index in [1.54, 1.807) is 0 Å². The third-order valence-corrected chi connectivity index (χ3v) is 5.59. The normalized spacial score (nSPS) is 17.3. The van der Waals surface area contributed by atoms with Crippen LogP contribution in [0.15, 0.2) is 54.6 Å². The number of aromatic nitrogens is 2. The summed E-state index contributed by atoms with van der Waals surface area (Å²) in [4.78, 5) is 12.7. The Kier molecular flexibility index (Phi) is 5.41. The molecule has 3 aromatic rings. The monoisotopic (exact) mass is 364 g/mol. The first-order valence-corrected chi connectivity index (χ1v) is 9.80. The highest BCUT2D eigenvalue weighted by Crippen LogP contribution is 2.23. The summed E-state index contributed by atoms with van der Waals surface area (Å²) in [6.07, 6.45) is 1.92. The molecular formula is C22H28N4O. The van der Waals surface area contributed by atoms with Gasteiger partial charge in [0.2, 0.25) is 5.95 Å². The van der Waals surface area contributed by atoms with E-state index in [4.69, 9.17) is 4.98 Å². The molecule has 0 aliphatic carbocycles. The van der Waals surface area contributed by atoms with E-state index in [0.29, 0.717) is 5.92 Å². The number of H-pyrrole nitrogens is 1. The molecule has 0 spiro atoms. The average molecular weight is 364 g/mol. The molecule has 2 aromatic carbocycles. The zero-order chi connectivity index (χ0) is 18.6. The molecule has 2 heterocycles. The Labute approximate surface area is 160 Å². The average Bonchev–Trinajstić information content (AvgIpc) is 3.14. The Morgan fingerprint density at radius 2 is 1.81 bits per heavy atom. The van der Waals surface area contributed by atoms with Crippen LogP contribution in [0.5, 0.6) is 0 Å². The van der Waals surface area contributed by atoms with Crippen LogP contribution < -0.4 is 4.90 Å². The van der Waals surface area contributed by atoms with E-state index in [1.807, 2.05) is 48.5 Å². The largest absolute Gasteiger partial charge is 0.387 e. The molecule has 5 nitrogen and oxygen atoms in total. The number of imidazole rings is 1. The maximum Gasteiger partial charge on any atom is 0.203 e. The van der Waals surface area contributed by atoms with Gasteiger partial charge in [0.1, 0.15) is 0 Å². The molecule has 1 saturated heterocycles. The second-order valence-electron chi connectivity index (χ2n) is 7.63. The van der Waals surface area contributed by atoms with Crippen LogP contribution in [0, 0.1) is 5.92 Å². The zero-order valence-electron chi connectivity index (χ0n) is 15.9. The molecule has 1 aliphatic rings. The van der Waals surface area contributed by atoms with Gasteiger partial charge in [-0.25, -0.2) is 4.98 Å². The van der Waals surface area contributed by atoms with Crippen LogP contribution in [0.4, 0.5) is 5.95 Å². The van der Waals surface area contributed by atoms with Crippen molar-refractivity contribution in [3.8, 4) is 0 Å². The lowest BCUT2D eigenvalue weighted by molar-refractivity contribution is 0.0902. The molecule has 142 valence electrons. The van der Waals surface area contributed by atoms with Crippen molar-refractivity contribution in [2.24, 2.45) is 5.92 Å². The fourth-order valence-corrected chi connectivity index (χ4v) is 3.97. The van der Waals surface area contributed by atoms with Crippen LogP contribution in [0.1, 0.15) is 24.5 Å². The second kappa shape index (κ2) is 8.11. The number of hydrogen-bond acceptors (Lipinski definition) is 4. The summed E-state index contributed by atoms with van der Waals surface area (Å²) in [6.45, 7) is 3.82. The van der Waals surface area contributed by atoms with Gasteiger partial charge in [-0.05, 0) is 49.5 Å². The van der Waals surface area contributed by atoms with Crippen molar-refractivity contribution in [2.75, 3.05) is 38.1 Å². The molecule has 0 bridgehead atoms. The number of fused-ring (bicyclic) bond motifs is 1. The van der Waals surface area contributed by atoms with Gasteiger partial charge in [0, 0.05) is 20.1 Å². The fourth-order valence-electron chi connectivity index (χ4n) is 3.97. The van der Waals surface area contributed by atoms with Crippen molar-refractivity contribution in [1.29, 1.82) is 0 Å². The van der Waals surface area contributed by atoms with Crippen LogP contribution >= 0.6 is 0 Å². The summed E-state index contributed by atoms with van der Waals surface area (Å²) in [6, 6.07) is 18.1. The maximum absolute atomic E-state index is 10.4. The predicted molar refractivity (Wildman–Crippen MR) is 110 cm³/mol. The molecule has 1 unspecified atom stereocenters. The first-order valence-electron chi connectivity index (χ1n) is 9.80. The minimum Gasteiger partial charge on any atom is -0.387 e. The number of para-hydroxylation sites is 2. The van der Waals surface area contributed by atoms with Gasteiger partial charge in [-0.1, -0.05) is 42.5 Å². The topological polar surface area (TPSA) is 55.4 Å². The van der Waals surface area contributed by atoms with Gasteiger partial charge in [-0.2, -0.15) is 0 Å². The molecule has 4 rings (SSSR count). The number of hydrogen-bond donors (Lipinski definition) is 2. The summed E-state index contributed by atoms with van der Waals surface area (Å²) in [5.74, 6) is 1.60. The number of nitrogens with one attached hydrogen (secondary N) is 1. The lowest BCUT2D eigenvalue weighted by Crippen LogP contribution is -2.39. The van der Waals surface area contributed by atoms with Gasteiger partial charge in [-0.15, -0.1) is 0 Å². The van der Waals surface area contributed by atoms with Crippen LogP contribution in [0.3, 0.4) is 0 Å².